The van der Waals surface area contributed by atoms with E-state index in [0.29, 0.717) is 38.8 Å². The number of hydrogen-bond acceptors (Lipinski definition) is 4. The summed E-state index contributed by atoms with van der Waals surface area (Å²) in [7, 11) is 0. The Labute approximate surface area is 97.7 Å². The first-order chi connectivity index (χ1) is 7.66. The molecule has 0 unspecified atom stereocenters. The van der Waals surface area contributed by atoms with Crippen molar-refractivity contribution >= 4 is 6.09 Å². The maximum Gasteiger partial charge on any atom is 0.407 e. The van der Waals surface area contributed by atoms with E-state index in [0.717, 1.165) is 12.8 Å². The molecule has 0 aromatic carbocycles. The molecule has 0 aliphatic heterocycles. The Kier molecular flexibility index (Phi) is 10.2. The number of nitrogens with two attached hydrogens (primary N) is 1. The van der Waals surface area contributed by atoms with Crippen LogP contribution < -0.4 is 11.1 Å². The maximum absolute atomic E-state index is 11.1. The van der Waals surface area contributed by atoms with E-state index in [1.807, 2.05) is 13.8 Å². The highest BCUT2D eigenvalue weighted by molar-refractivity contribution is 5.66. The van der Waals surface area contributed by atoms with Crippen LogP contribution in [-0.2, 0) is 9.47 Å². The molecule has 0 spiro atoms. The topological polar surface area (TPSA) is 73.6 Å². The quantitative estimate of drug-likeness (QED) is 0.584. The third-order valence-corrected chi connectivity index (χ3v) is 1.78. The third kappa shape index (κ3) is 11.3. The fourth-order valence-electron chi connectivity index (χ4n) is 0.946. The number of alkyl carbamates (subject to hydrolysis) is 1. The van der Waals surface area contributed by atoms with E-state index in [1.165, 1.54) is 0 Å². The van der Waals surface area contributed by atoms with Crippen LogP contribution in [0, 0.1) is 5.92 Å². The van der Waals surface area contributed by atoms with Crippen LogP contribution in [0.4, 0.5) is 4.79 Å². The molecular weight excluding hydrogens is 208 g/mol. The van der Waals surface area contributed by atoms with Gasteiger partial charge in [-0.1, -0.05) is 13.8 Å². The van der Waals surface area contributed by atoms with Crippen molar-refractivity contribution in [2.75, 3.05) is 32.9 Å². The zero-order valence-corrected chi connectivity index (χ0v) is 10.3. The highest BCUT2D eigenvalue weighted by Crippen LogP contribution is 1.92. The fraction of sp³-hybridized carbons (Fsp3) is 0.909. The average Bonchev–Trinajstić information content (AvgIpc) is 2.25. The first-order valence-electron chi connectivity index (χ1n) is 5.85. The minimum atomic E-state index is -0.351. The molecule has 0 atom stereocenters. The summed E-state index contributed by atoms with van der Waals surface area (Å²) >= 11 is 0. The van der Waals surface area contributed by atoms with Crippen LogP contribution >= 0.6 is 0 Å². The van der Waals surface area contributed by atoms with Crippen molar-refractivity contribution < 1.29 is 14.3 Å². The molecular formula is C11H24N2O3. The van der Waals surface area contributed by atoms with Crippen LogP contribution in [0.25, 0.3) is 0 Å². The summed E-state index contributed by atoms with van der Waals surface area (Å²) in [4.78, 5) is 11.1. The van der Waals surface area contributed by atoms with E-state index >= 15 is 0 Å². The van der Waals surface area contributed by atoms with Crippen molar-refractivity contribution in [3.63, 3.8) is 0 Å². The second kappa shape index (κ2) is 10.7. The van der Waals surface area contributed by atoms with Crippen LogP contribution in [-0.4, -0.2) is 39.0 Å². The second-order valence-corrected chi connectivity index (χ2v) is 4.03. The van der Waals surface area contributed by atoms with E-state index in [1.54, 1.807) is 0 Å². The SMILES string of the molecule is CC(C)COC(=O)NCCCOCCCN. The molecule has 0 radical (unpaired) electrons. The smallest absolute Gasteiger partial charge is 0.407 e. The van der Waals surface area contributed by atoms with Gasteiger partial charge in [0.25, 0.3) is 0 Å². The molecule has 0 aliphatic rings. The molecule has 0 fully saturated rings. The third-order valence-electron chi connectivity index (χ3n) is 1.78. The van der Waals surface area contributed by atoms with Gasteiger partial charge in [-0.3, -0.25) is 0 Å². The Morgan fingerprint density at radius 3 is 2.62 bits per heavy atom. The lowest BCUT2D eigenvalue weighted by Gasteiger charge is -2.08. The number of amides is 1. The number of carbonyl (C=O) groups excluding carboxylic acids is 1. The first kappa shape index (κ1) is 15.2. The normalized spacial score (nSPS) is 10.5. The van der Waals surface area contributed by atoms with Crippen molar-refractivity contribution in [3.05, 3.63) is 0 Å². The minimum Gasteiger partial charge on any atom is -0.449 e. The molecule has 0 aliphatic carbocycles. The lowest BCUT2D eigenvalue weighted by Crippen LogP contribution is -2.27. The summed E-state index contributed by atoms with van der Waals surface area (Å²) in [5, 5.41) is 2.66. The van der Waals surface area contributed by atoms with Gasteiger partial charge in [-0.05, 0) is 25.3 Å². The monoisotopic (exact) mass is 232 g/mol. The zero-order valence-electron chi connectivity index (χ0n) is 10.3. The lowest BCUT2D eigenvalue weighted by atomic mass is 10.2. The highest BCUT2D eigenvalue weighted by atomic mass is 16.5. The Morgan fingerprint density at radius 1 is 1.31 bits per heavy atom. The maximum atomic E-state index is 11.1. The molecule has 1 amide bonds. The lowest BCUT2D eigenvalue weighted by molar-refractivity contribution is 0.122. The predicted molar refractivity (Wildman–Crippen MR) is 63.3 cm³/mol. The van der Waals surface area contributed by atoms with E-state index in [2.05, 4.69) is 5.32 Å². The second-order valence-electron chi connectivity index (χ2n) is 4.03. The van der Waals surface area contributed by atoms with Gasteiger partial charge in [0.1, 0.15) is 0 Å². The van der Waals surface area contributed by atoms with Crippen LogP contribution in [0.3, 0.4) is 0 Å². The summed E-state index contributed by atoms with van der Waals surface area (Å²) < 4.78 is 10.2. The first-order valence-corrected chi connectivity index (χ1v) is 5.85. The van der Waals surface area contributed by atoms with E-state index in [9.17, 15) is 4.79 Å². The Morgan fingerprint density at radius 2 is 2.00 bits per heavy atom. The van der Waals surface area contributed by atoms with Gasteiger partial charge < -0.3 is 20.5 Å². The number of carbonyl (C=O) groups is 1. The molecule has 0 heterocycles. The number of ether oxygens (including phenoxy) is 2. The van der Waals surface area contributed by atoms with Gasteiger partial charge in [0, 0.05) is 19.8 Å². The van der Waals surface area contributed by atoms with E-state index in [4.69, 9.17) is 15.2 Å². The molecule has 0 rings (SSSR count). The minimum absolute atomic E-state index is 0.351. The summed E-state index contributed by atoms with van der Waals surface area (Å²) in [6.07, 6.45) is 1.32. The highest BCUT2D eigenvalue weighted by Gasteiger charge is 2.02. The number of nitrogens with one attached hydrogen (secondary N) is 1. The zero-order chi connectivity index (χ0) is 12.2. The average molecular weight is 232 g/mol. The van der Waals surface area contributed by atoms with Crippen LogP contribution in [0.1, 0.15) is 26.7 Å². The Balaban J connectivity index is 3.15. The van der Waals surface area contributed by atoms with Gasteiger partial charge in [-0.2, -0.15) is 0 Å². The van der Waals surface area contributed by atoms with Gasteiger partial charge in [-0.15, -0.1) is 0 Å². The van der Waals surface area contributed by atoms with Crippen molar-refractivity contribution in [3.8, 4) is 0 Å². The van der Waals surface area contributed by atoms with Crippen LogP contribution in [0.2, 0.25) is 0 Å². The molecule has 0 aromatic heterocycles. The van der Waals surface area contributed by atoms with E-state index < -0.39 is 0 Å². The predicted octanol–water partition coefficient (Wildman–Crippen LogP) is 1.12. The van der Waals surface area contributed by atoms with Crippen LogP contribution in [0.5, 0.6) is 0 Å². The van der Waals surface area contributed by atoms with Gasteiger partial charge in [0.15, 0.2) is 0 Å². The molecule has 0 saturated heterocycles. The largest absolute Gasteiger partial charge is 0.449 e. The summed E-state index contributed by atoms with van der Waals surface area (Å²) in [5.74, 6) is 0.366. The van der Waals surface area contributed by atoms with Crippen molar-refractivity contribution in [2.45, 2.75) is 26.7 Å². The summed E-state index contributed by atoms with van der Waals surface area (Å²) in [6.45, 7) is 7.02. The van der Waals surface area contributed by atoms with Gasteiger partial charge >= 0.3 is 6.09 Å². The molecule has 0 bridgehead atoms. The van der Waals surface area contributed by atoms with Crippen molar-refractivity contribution in [2.24, 2.45) is 11.7 Å². The fourth-order valence-corrected chi connectivity index (χ4v) is 0.946. The molecule has 0 aromatic rings. The van der Waals surface area contributed by atoms with Crippen molar-refractivity contribution in [1.82, 2.24) is 5.32 Å². The number of rotatable bonds is 9. The van der Waals surface area contributed by atoms with Gasteiger partial charge in [0.2, 0.25) is 0 Å². The molecule has 96 valence electrons. The van der Waals surface area contributed by atoms with E-state index in [-0.39, 0.29) is 6.09 Å². The molecule has 3 N–H and O–H groups in total. The Hall–Kier alpha value is -0.810. The molecule has 5 heteroatoms. The van der Waals surface area contributed by atoms with Crippen molar-refractivity contribution in [1.29, 1.82) is 0 Å². The molecule has 16 heavy (non-hydrogen) atoms. The summed E-state index contributed by atoms with van der Waals surface area (Å²) in [6, 6.07) is 0. The van der Waals surface area contributed by atoms with Crippen LogP contribution in [0.15, 0.2) is 0 Å². The number of hydrogen-bond donors (Lipinski definition) is 2. The standard InChI is InChI=1S/C11H24N2O3/c1-10(2)9-16-11(14)13-6-4-8-15-7-3-5-12/h10H,3-9,12H2,1-2H3,(H,13,14). The Bertz CT molecular complexity index is 175. The summed E-state index contributed by atoms with van der Waals surface area (Å²) in [5.41, 5.74) is 5.31. The molecule has 0 saturated carbocycles. The van der Waals surface area contributed by atoms with Gasteiger partial charge in [0.05, 0.1) is 6.61 Å². The van der Waals surface area contributed by atoms with Gasteiger partial charge in [-0.25, -0.2) is 4.79 Å². The molecule has 5 nitrogen and oxygen atoms in total.